The second-order valence-corrected chi connectivity index (χ2v) is 13.9. The summed E-state index contributed by atoms with van der Waals surface area (Å²) in [6, 6.07) is 20.5. The summed E-state index contributed by atoms with van der Waals surface area (Å²) >= 11 is 0. The number of rotatable bonds is 8. The van der Waals surface area contributed by atoms with Gasteiger partial charge in [-0.1, -0.05) is 123 Å². The number of aryl methyl sites for hydroxylation is 1. The summed E-state index contributed by atoms with van der Waals surface area (Å²) in [6.45, 7) is 21.7. The molecule has 0 unspecified atom stereocenters. The normalized spacial score (nSPS) is 11.2. The van der Waals surface area contributed by atoms with Crippen LogP contribution in [0.25, 0.3) is 0 Å². The Morgan fingerprint density at radius 2 is 1.05 bits per heavy atom. The van der Waals surface area contributed by atoms with Gasteiger partial charge >= 0.3 is 0 Å². The monoisotopic (exact) mass is 581 g/mol. The Morgan fingerprint density at radius 1 is 0.619 bits per heavy atom. The molecular formula is C36H59N3O3. The third-order valence-corrected chi connectivity index (χ3v) is 6.42. The molecule has 0 saturated heterocycles. The maximum Gasteiger partial charge on any atom is 0.227 e. The molecule has 0 spiro atoms. The molecule has 0 heterocycles. The minimum Gasteiger partial charge on any atom is -0.356 e. The fraction of sp³-hybridized carbons (Fsp3) is 0.583. The first kappa shape index (κ1) is 38.9. The molecule has 236 valence electrons. The molecule has 6 nitrogen and oxygen atoms in total. The summed E-state index contributed by atoms with van der Waals surface area (Å²) in [4.78, 5) is 38.3. The first-order valence-electron chi connectivity index (χ1n) is 15.2. The lowest BCUT2D eigenvalue weighted by Crippen LogP contribution is -2.36. The number of nitrogens with one attached hydrogen (secondary N) is 1. The molecule has 0 aromatic heterocycles. The summed E-state index contributed by atoms with van der Waals surface area (Å²) in [6.07, 6.45) is 3.25. The van der Waals surface area contributed by atoms with Gasteiger partial charge in [0.1, 0.15) is 0 Å². The molecule has 6 heteroatoms. The molecule has 0 aliphatic heterocycles. The van der Waals surface area contributed by atoms with Gasteiger partial charge in [-0.3, -0.25) is 14.4 Å². The Kier molecular flexibility index (Phi) is 17.0. The van der Waals surface area contributed by atoms with Crippen LogP contribution in [0.5, 0.6) is 0 Å². The minimum atomic E-state index is -0.302. The average Bonchev–Trinajstić information content (AvgIpc) is 2.91. The van der Waals surface area contributed by atoms with Crippen molar-refractivity contribution in [3.8, 4) is 0 Å². The lowest BCUT2D eigenvalue weighted by molar-refractivity contribution is -0.138. The van der Waals surface area contributed by atoms with Gasteiger partial charge in [-0.05, 0) is 37.3 Å². The quantitative estimate of drug-likeness (QED) is 0.331. The zero-order valence-corrected chi connectivity index (χ0v) is 28.6. The highest BCUT2D eigenvalue weighted by Crippen LogP contribution is 2.18. The highest BCUT2D eigenvalue weighted by molar-refractivity contribution is 5.82. The van der Waals surface area contributed by atoms with Crippen molar-refractivity contribution in [1.29, 1.82) is 0 Å². The van der Waals surface area contributed by atoms with Gasteiger partial charge in [0.05, 0.1) is 0 Å². The van der Waals surface area contributed by atoms with E-state index in [-0.39, 0.29) is 34.0 Å². The molecule has 0 saturated carbocycles. The molecule has 0 fully saturated rings. The predicted molar refractivity (Wildman–Crippen MR) is 177 cm³/mol. The van der Waals surface area contributed by atoms with Gasteiger partial charge in [-0.15, -0.1) is 0 Å². The predicted octanol–water partition coefficient (Wildman–Crippen LogP) is 7.37. The maximum absolute atomic E-state index is 11.9. The zero-order valence-electron chi connectivity index (χ0n) is 28.6. The number of amides is 3. The van der Waals surface area contributed by atoms with Gasteiger partial charge in [0.25, 0.3) is 0 Å². The third kappa shape index (κ3) is 17.0. The van der Waals surface area contributed by atoms with E-state index in [4.69, 9.17) is 0 Å². The molecule has 0 aliphatic rings. The Labute approximate surface area is 257 Å². The van der Waals surface area contributed by atoms with Crippen molar-refractivity contribution in [3.05, 3.63) is 71.8 Å². The van der Waals surface area contributed by atoms with E-state index in [1.165, 1.54) is 5.56 Å². The van der Waals surface area contributed by atoms with E-state index in [1.54, 1.807) is 9.80 Å². The smallest absolute Gasteiger partial charge is 0.227 e. The van der Waals surface area contributed by atoms with Gasteiger partial charge < -0.3 is 15.1 Å². The number of benzene rings is 2. The molecule has 3 amide bonds. The van der Waals surface area contributed by atoms with Crippen molar-refractivity contribution < 1.29 is 14.4 Å². The van der Waals surface area contributed by atoms with Crippen LogP contribution in [0.4, 0.5) is 0 Å². The summed E-state index contributed by atoms with van der Waals surface area (Å²) in [5.41, 5.74) is 1.72. The molecule has 0 bridgehead atoms. The van der Waals surface area contributed by atoms with Crippen LogP contribution in [-0.4, -0.2) is 54.7 Å². The van der Waals surface area contributed by atoms with Crippen LogP contribution >= 0.6 is 0 Å². The zero-order chi connectivity index (χ0) is 32.6. The van der Waals surface area contributed by atoms with Crippen LogP contribution in [0.15, 0.2) is 60.7 Å². The summed E-state index contributed by atoms with van der Waals surface area (Å²) in [5, 5.41) is 2.97. The van der Waals surface area contributed by atoms with Crippen molar-refractivity contribution in [3.63, 3.8) is 0 Å². The van der Waals surface area contributed by atoms with Gasteiger partial charge in [0.2, 0.25) is 17.7 Å². The first-order chi connectivity index (χ1) is 19.3. The van der Waals surface area contributed by atoms with Crippen molar-refractivity contribution in [2.45, 2.75) is 95.0 Å². The van der Waals surface area contributed by atoms with E-state index in [1.807, 2.05) is 120 Å². The number of hydrogen-bond acceptors (Lipinski definition) is 3. The minimum absolute atomic E-state index is 0.136. The van der Waals surface area contributed by atoms with Gasteiger partial charge in [0.15, 0.2) is 0 Å². The van der Waals surface area contributed by atoms with Crippen LogP contribution in [0.2, 0.25) is 0 Å². The molecule has 42 heavy (non-hydrogen) atoms. The van der Waals surface area contributed by atoms with Crippen LogP contribution < -0.4 is 5.32 Å². The summed E-state index contributed by atoms with van der Waals surface area (Å²) in [7, 11) is 3.67. The fourth-order valence-electron chi connectivity index (χ4n) is 3.78. The van der Waals surface area contributed by atoms with E-state index in [2.05, 4.69) is 29.6 Å². The second kappa shape index (κ2) is 18.4. The number of unbranched alkanes of at least 4 members (excludes halogenated alkanes) is 1. The number of carbonyl (C=O) groups is 3. The third-order valence-electron chi connectivity index (χ3n) is 6.42. The Hall–Kier alpha value is -3.15. The van der Waals surface area contributed by atoms with Crippen LogP contribution in [0, 0.1) is 16.2 Å². The molecular weight excluding hydrogens is 522 g/mol. The highest BCUT2D eigenvalue weighted by Gasteiger charge is 2.25. The lowest BCUT2D eigenvalue weighted by Gasteiger charge is -2.26. The van der Waals surface area contributed by atoms with E-state index in [0.717, 1.165) is 37.9 Å². The topological polar surface area (TPSA) is 69.7 Å². The maximum atomic E-state index is 11.9. The van der Waals surface area contributed by atoms with Crippen LogP contribution in [0.1, 0.15) is 93.2 Å². The molecule has 0 atom stereocenters. The van der Waals surface area contributed by atoms with E-state index < -0.39 is 0 Å². The Morgan fingerprint density at radius 3 is 1.43 bits per heavy atom. The van der Waals surface area contributed by atoms with Gasteiger partial charge in [-0.25, -0.2) is 0 Å². The number of carbonyl (C=O) groups excluding carboxylic acids is 3. The van der Waals surface area contributed by atoms with E-state index >= 15 is 0 Å². The van der Waals surface area contributed by atoms with E-state index in [0.29, 0.717) is 6.54 Å². The molecule has 2 rings (SSSR count). The van der Waals surface area contributed by atoms with Crippen molar-refractivity contribution in [2.24, 2.45) is 16.2 Å². The van der Waals surface area contributed by atoms with Crippen LogP contribution in [-0.2, 0) is 27.3 Å². The lowest BCUT2D eigenvalue weighted by atomic mass is 9.95. The molecule has 2 aromatic carbocycles. The Balaban J connectivity index is 0.000000622. The molecule has 0 aliphatic carbocycles. The average molecular weight is 582 g/mol. The standard InChI is InChI=1S/C15H23NO.C13H19NO.C8H17NO/c1-15(2,3)14(17)16-12-8-7-11-13-9-5-4-6-10-13;1-13(2,3)12(15)14(4)10-11-8-6-5-7-9-11;1-6-9(5)7(10)8(2,3)4/h4-6,9-10H,7-8,11-12H2,1-3H3,(H,16,17);5-9H,10H2,1-4H3;6H2,1-5H3. The molecule has 1 N–H and O–H groups in total. The molecule has 2 aromatic rings. The van der Waals surface area contributed by atoms with Crippen molar-refractivity contribution in [1.82, 2.24) is 15.1 Å². The van der Waals surface area contributed by atoms with Crippen molar-refractivity contribution >= 4 is 17.7 Å². The first-order valence-corrected chi connectivity index (χ1v) is 15.2. The highest BCUT2D eigenvalue weighted by atomic mass is 16.2. The Bertz CT molecular complexity index is 1050. The largest absolute Gasteiger partial charge is 0.356 e. The van der Waals surface area contributed by atoms with Gasteiger partial charge in [-0.2, -0.15) is 0 Å². The van der Waals surface area contributed by atoms with Gasteiger partial charge in [0, 0.05) is 50.0 Å². The second-order valence-electron chi connectivity index (χ2n) is 13.9. The molecule has 0 radical (unpaired) electrons. The number of hydrogen-bond donors (Lipinski definition) is 1. The summed E-state index contributed by atoms with van der Waals surface area (Å²) in [5.74, 6) is 0.513. The number of nitrogens with zero attached hydrogens (tertiary/aromatic N) is 2. The van der Waals surface area contributed by atoms with Crippen LogP contribution in [0.3, 0.4) is 0 Å². The fourth-order valence-corrected chi connectivity index (χ4v) is 3.78. The summed E-state index contributed by atoms with van der Waals surface area (Å²) < 4.78 is 0. The van der Waals surface area contributed by atoms with Crippen molar-refractivity contribution in [2.75, 3.05) is 27.2 Å². The SMILES string of the molecule is CC(C)(C)C(=O)NCCCCc1ccccc1.CCN(C)C(=O)C(C)(C)C.CN(Cc1ccccc1)C(=O)C(C)(C)C. The van der Waals surface area contributed by atoms with E-state index in [9.17, 15) is 14.4 Å².